The molecule has 1 N–H and O–H groups in total. The lowest BCUT2D eigenvalue weighted by atomic mass is 9.84. The molecular formula is C12H25NO. The third-order valence-corrected chi connectivity index (χ3v) is 3.80. The fourth-order valence-electron chi connectivity index (χ4n) is 2.36. The van der Waals surface area contributed by atoms with Crippen molar-refractivity contribution in [2.45, 2.75) is 58.0 Å². The molecular weight excluding hydrogens is 174 g/mol. The zero-order chi connectivity index (χ0) is 10.8. The van der Waals surface area contributed by atoms with Gasteiger partial charge in [-0.25, -0.2) is 0 Å². The largest absolute Gasteiger partial charge is 0.394 e. The highest BCUT2D eigenvalue weighted by Crippen LogP contribution is 2.29. The molecule has 0 saturated heterocycles. The van der Waals surface area contributed by atoms with Gasteiger partial charge in [-0.1, -0.05) is 19.8 Å². The van der Waals surface area contributed by atoms with Gasteiger partial charge in [0.1, 0.15) is 0 Å². The SMILES string of the molecule is CC1CCCC(N(C)C(C)(C)CO)C1. The molecule has 0 radical (unpaired) electrons. The molecule has 2 atom stereocenters. The molecule has 1 aliphatic carbocycles. The topological polar surface area (TPSA) is 23.5 Å². The van der Waals surface area contributed by atoms with Gasteiger partial charge in [0.2, 0.25) is 0 Å². The highest BCUT2D eigenvalue weighted by atomic mass is 16.3. The van der Waals surface area contributed by atoms with E-state index in [1.54, 1.807) is 0 Å². The molecule has 1 rings (SSSR count). The smallest absolute Gasteiger partial charge is 0.0610 e. The van der Waals surface area contributed by atoms with E-state index in [-0.39, 0.29) is 12.1 Å². The van der Waals surface area contributed by atoms with Crippen LogP contribution in [0.15, 0.2) is 0 Å². The average molecular weight is 199 g/mol. The molecule has 2 unspecified atom stereocenters. The molecule has 0 amide bonds. The number of nitrogens with zero attached hydrogens (tertiary/aromatic N) is 1. The third-order valence-electron chi connectivity index (χ3n) is 3.80. The maximum Gasteiger partial charge on any atom is 0.0610 e. The fraction of sp³-hybridized carbons (Fsp3) is 1.00. The summed E-state index contributed by atoms with van der Waals surface area (Å²) in [6, 6.07) is 0.667. The lowest BCUT2D eigenvalue weighted by Gasteiger charge is -2.43. The summed E-state index contributed by atoms with van der Waals surface area (Å²) in [5, 5.41) is 9.32. The summed E-state index contributed by atoms with van der Waals surface area (Å²) >= 11 is 0. The van der Waals surface area contributed by atoms with Crippen LogP contribution in [0.1, 0.15) is 46.5 Å². The second-order valence-electron chi connectivity index (χ2n) is 5.51. The van der Waals surface area contributed by atoms with Gasteiger partial charge in [-0.05, 0) is 39.7 Å². The molecule has 84 valence electrons. The highest BCUT2D eigenvalue weighted by Gasteiger charge is 2.31. The van der Waals surface area contributed by atoms with Crippen LogP contribution in [0.3, 0.4) is 0 Å². The molecule has 0 aliphatic heterocycles. The molecule has 2 heteroatoms. The van der Waals surface area contributed by atoms with Crippen LogP contribution in [0.2, 0.25) is 0 Å². The van der Waals surface area contributed by atoms with Crippen molar-refractivity contribution in [3.05, 3.63) is 0 Å². The second kappa shape index (κ2) is 4.63. The Labute approximate surface area is 88.3 Å². The van der Waals surface area contributed by atoms with E-state index in [1.807, 2.05) is 0 Å². The molecule has 1 saturated carbocycles. The summed E-state index contributed by atoms with van der Waals surface area (Å²) in [4.78, 5) is 2.36. The van der Waals surface area contributed by atoms with E-state index in [0.29, 0.717) is 6.04 Å². The van der Waals surface area contributed by atoms with Crippen molar-refractivity contribution in [2.24, 2.45) is 5.92 Å². The van der Waals surface area contributed by atoms with Crippen LogP contribution in [-0.4, -0.2) is 35.2 Å². The van der Waals surface area contributed by atoms with Gasteiger partial charge in [0.05, 0.1) is 6.61 Å². The van der Waals surface area contributed by atoms with E-state index in [2.05, 4.69) is 32.7 Å². The van der Waals surface area contributed by atoms with E-state index in [0.717, 1.165) is 5.92 Å². The number of aliphatic hydroxyl groups is 1. The van der Waals surface area contributed by atoms with Crippen LogP contribution in [0, 0.1) is 5.92 Å². The maximum absolute atomic E-state index is 9.32. The van der Waals surface area contributed by atoms with Crippen molar-refractivity contribution < 1.29 is 5.11 Å². The Bertz CT molecular complexity index is 179. The Morgan fingerprint density at radius 3 is 2.50 bits per heavy atom. The van der Waals surface area contributed by atoms with Gasteiger partial charge >= 0.3 is 0 Å². The molecule has 0 aromatic heterocycles. The lowest BCUT2D eigenvalue weighted by Crippen LogP contribution is -2.51. The fourth-order valence-corrected chi connectivity index (χ4v) is 2.36. The highest BCUT2D eigenvalue weighted by molar-refractivity contribution is 4.86. The molecule has 14 heavy (non-hydrogen) atoms. The zero-order valence-corrected chi connectivity index (χ0v) is 10.1. The number of hydrogen-bond donors (Lipinski definition) is 1. The minimum Gasteiger partial charge on any atom is -0.394 e. The summed E-state index contributed by atoms with van der Waals surface area (Å²) in [7, 11) is 2.15. The van der Waals surface area contributed by atoms with Crippen LogP contribution in [0.25, 0.3) is 0 Å². The molecule has 1 aliphatic rings. The lowest BCUT2D eigenvalue weighted by molar-refractivity contribution is 0.0243. The van der Waals surface area contributed by atoms with E-state index in [1.165, 1.54) is 25.7 Å². The average Bonchev–Trinajstić information content (AvgIpc) is 2.16. The summed E-state index contributed by atoms with van der Waals surface area (Å²) in [5.74, 6) is 0.852. The van der Waals surface area contributed by atoms with Crippen LogP contribution >= 0.6 is 0 Å². The molecule has 0 aromatic rings. The number of likely N-dealkylation sites (N-methyl/N-ethyl adjacent to an activating group) is 1. The standard InChI is InChI=1S/C12H25NO/c1-10-6-5-7-11(8-10)13(4)12(2,3)9-14/h10-11,14H,5-9H2,1-4H3. The zero-order valence-electron chi connectivity index (χ0n) is 10.1. The maximum atomic E-state index is 9.32. The Morgan fingerprint density at radius 1 is 1.36 bits per heavy atom. The van der Waals surface area contributed by atoms with Gasteiger partial charge < -0.3 is 5.11 Å². The van der Waals surface area contributed by atoms with Gasteiger partial charge in [0.15, 0.2) is 0 Å². The van der Waals surface area contributed by atoms with Crippen LogP contribution in [0.4, 0.5) is 0 Å². The van der Waals surface area contributed by atoms with Crippen molar-refractivity contribution >= 4 is 0 Å². The predicted molar refractivity (Wildman–Crippen MR) is 60.3 cm³/mol. The van der Waals surface area contributed by atoms with Crippen molar-refractivity contribution in [1.29, 1.82) is 0 Å². The normalized spacial score (nSPS) is 29.6. The predicted octanol–water partition coefficient (Wildman–Crippen LogP) is 2.27. The van der Waals surface area contributed by atoms with Crippen molar-refractivity contribution in [2.75, 3.05) is 13.7 Å². The summed E-state index contributed by atoms with van der Waals surface area (Å²) in [5.41, 5.74) is -0.0677. The molecule has 1 fully saturated rings. The van der Waals surface area contributed by atoms with E-state index >= 15 is 0 Å². The van der Waals surface area contributed by atoms with Gasteiger partial charge in [-0.15, -0.1) is 0 Å². The first-order valence-electron chi connectivity index (χ1n) is 5.81. The molecule has 0 aromatic carbocycles. The Morgan fingerprint density at radius 2 is 2.00 bits per heavy atom. The summed E-state index contributed by atoms with van der Waals surface area (Å²) < 4.78 is 0. The van der Waals surface area contributed by atoms with Crippen molar-refractivity contribution in [1.82, 2.24) is 4.90 Å². The van der Waals surface area contributed by atoms with Crippen molar-refractivity contribution in [3.8, 4) is 0 Å². The molecule has 0 spiro atoms. The molecule has 0 bridgehead atoms. The first-order valence-corrected chi connectivity index (χ1v) is 5.81. The summed E-state index contributed by atoms with van der Waals surface area (Å²) in [6.07, 6.45) is 5.31. The Balaban J connectivity index is 2.55. The Hall–Kier alpha value is -0.0800. The van der Waals surface area contributed by atoms with Crippen molar-refractivity contribution in [3.63, 3.8) is 0 Å². The quantitative estimate of drug-likeness (QED) is 0.753. The number of aliphatic hydroxyl groups excluding tert-OH is 1. The summed E-state index contributed by atoms with van der Waals surface area (Å²) in [6.45, 7) is 6.82. The van der Waals surface area contributed by atoms with Gasteiger partial charge in [-0.2, -0.15) is 0 Å². The molecule has 2 nitrogen and oxygen atoms in total. The van der Waals surface area contributed by atoms with E-state index in [9.17, 15) is 5.11 Å². The monoisotopic (exact) mass is 199 g/mol. The minimum atomic E-state index is -0.0677. The molecule has 0 heterocycles. The van der Waals surface area contributed by atoms with Gasteiger partial charge in [-0.3, -0.25) is 4.90 Å². The Kier molecular flexibility index (Phi) is 3.96. The first-order chi connectivity index (χ1) is 6.47. The minimum absolute atomic E-state index is 0.0677. The van der Waals surface area contributed by atoms with Gasteiger partial charge in [0, 0.05) is 11.6 Å². The van der Waals surface area contributed by atoms with E-state index < -0.39 is 0 Å². The third kappa shape index (κ3) is 2.71. The number of rotatable bonds is 3. The van der Waals surface area contributed by atoms with Gasteiger partial charge in [0.25, 0.3) is 0 Å². The first kappa shape index (κ1) is 12.0. The number of hydrogen-bond acceptors (Lipinski definition) is 2. The van der Waals surface area contributed by atoms with E-state index in [4.69, 9.17) is 0 Å². The second-order valence-corrected chi connectivity index (χ2v) is 5.51. The van der Waals surface area contributed by atoms with Crippen LogP contribution in [-0.2, 0) is 0 Å². The van der Waals surface area contributed by atoms with Crippen LogP contribution in [0.5, 0.6) is 0 Å². The van der Waals surface area contributed by atoms with Crippen LogP contribution < -0.4 is 0 Å².